The maximum Gasteiger partial charge on any atom is 0.185 e. The quantitative estimate of drug-likeness (QED) is 0.920. The van der Waals surface area contributed by atoms with E-state index in [1.54, 1.807) is 11.3 Å². The molecule has 5 heteroatoms. The van der Waals surface area contributed by atoms with Crippen molar-refractivity contribution in [3.63, 3.8) is 0 Å². The minimum Gasteiger partial charge on any atom is -0.374 e. The van der Waals surface area contributed by atoms with Gasteiger partial charge in [0.25, 0.3) is 0 Å². The number of fused-ring (bicyclic) bond motifs is 1. The molecule has 1 aliphatic carbocycles. The average molecular weight is 281 g/mol. The Balaban J connectivity index is 1.74. The van der Waals surface area contributed by atoms with Crippen LogP contribution in [0.3, 0.4) is 0 Å². The molecule has 0 aromatic carbocycles. The molecule has 1 saturated heterocycles. The minimum atomic E-state index is 0.343. The van der Waals surface area contributed by atoms with E-state index in [1.165, 1.54) is 30.1 Å². The Morgan fingerprint density at radius 1 is 1.58 bits per heavy atom. The van der Waals surface area contributed by atoms with Crippen LogP contribution in [0.5, 0.6) is 0 Å². The van der Waals surface area contributed by atoms with Crippen LogP contribution in [0.1, 0.15) is 44.8 Å². The summed E-state index contributed by atoms with van der Waals surface area (Å²) in [5, 5.41) is 6.80. The number of hydrogen-bond acceptors (Lipinski definition) is 5. The van der Waals surface area contributed by atoms with E-state index in [0.717, 1.165) is 19.7 Å². The Kier molecular flexibility index (Phi) is 4.05. The van der Waals surface area contributed by atoms with Crippen molar-refractivity contribution < 1.29 is 4.74 Å². The molecule has 1 aromatic heterocycles. The molecule has 2 fully saturated rings. The molecule has 1 N–H and O–H groups in total. The summed E-state index contributed by atoms with van der Waals surface area (Å²) < 4.78 is 5.87. The normalized spacial score (nSPS) is 28.4. The summed E-state index contributed by atoms with van der Waals surface area (Å²) in [5.74, 6) is 0. The largest absolute Gasteiger partial charge is 0.374 e. The van der Waals surface area contributed by atoms with E-state index >= 15 is 0 Å². The second-order valence-corrected chi connectivity index (χ2v) is 6.27. The standard InChI is InChI=1S/C14H23N3OS/c1-3-15-10(2)11-9-19-14(16-11)17-7-8-18-13-6-4-5-12(13)17/h9-10,12-13,15H,3-8H2,1-2H3. The van der Waals surface area contributed by atoms with Crippen molar-refractivity contribution in [2.24, 2.45) is 0 Å². The summed E-state index contributed by atoms with van der Waals surface area (Å²) in [5.41, 5.74) is 1.17. The first-order valence-corrected chi connectivity index (χ1v) is 8.24. The Bertz CT molecular complexity index is 423. The molecule has 4 nitrogen and oxygen atoms in total. The van der Waals surface area contributed by atoms with Crippen LogP contribution in [0, 0.1) is 0 Å². The first kappa shape index (κ1) is 13.3. The van der Waals surface area contributed by atoms with Gasteiger partial charge in [-0.05, 0) is 32.7 Å². The number of thiazole rings is 1. The van der Waals surface area contributed by atoms with Crippen LogP contribution >= 0.6 is 11.3 Å². The summed E-state index contributed by atoms with van der Waals surface area (Å²) in [7, 11) is 0. The molecule has 0 bridgehead atoms. The predicted molar refractivity (Wildman–Crippen MR) is 78.9 cm³/mol. The fourth-order valence-corrected chi connectivity index (χ4v) is 4.18. The zero-order chi connectivity index (χ0) is 13.2. The van der Waals surface area contributed by atoms with Crippen LogP contribution in [-0.2, 0) is 4.74 Å². The van der Waals surface area contributed by atoms with Crippen molar-refractivity contribution in [3.8, 4) is 0 Å². The topological polar surface area (TPSA) is 37.4 Å². The van der Waals surface area contributed by atoms with Gasteiger partial charge in [-0.1, -0.05) is 6.92 Å². The van der Waals surface area contributed by atoms with E-state index in [9.17, 15) is 0 Å². The second kappa shape index (κ2) is 5.77. The van der Waals surface area contributed by atoms with Crippen LogP contribution in [0.2, 0.25) is 0 Å². The second-order valence-electron chi connectivity index (χ2n) is 5.44. The molecule has 1 saturated carbocycles. The van der Waals surface area contributed by atoms with Crippen LogP contribution in [0.4, 0.5) is 5.13 Å². The highest BCUT2D eigenvalue weighted by molar-refractivity contribution is 7.13. The molecule has 2 aliphatic rings. The van der Waals surface area contributed by atoms with E-state index in [4.69, 9.17) is 9.72 Å². The van der Waals surface area contributed by atoms with Crippen molar-refractivity contribution in [1.82, 2.24) is 10.3 Å². The third-order valence-corrected chi connectivity index (χ3v) is 5.09. The zero-order valence-electron chi connectivity index (χ0n) is 11.8. The number of morpholine rings is 1. The first-order chi connectivity index (χ1) is 9.29. The van der Waals surface area contributed by atoms with Crippen molar-refractivity contribution in [1.29, 1.82) is 0 Å². The molecule has 3 unspecified atom stereocenters. The summed E-state index contributed by atoms with van der Waals surface area (Å²) >= 11 is 1.78. The average Bonchev–Trinajstić information content (AvgIpc) is 3.07. The fraction of sp³-hybridized carbons (Fsp3) is 0.786. The molecule has 1 aliphatic heterocycles. The molecule has 2 heterocycles. The number of nitrogens with zero attached hydrogens (tertiary/aromatic N) is 2. The van der Waals surface area contributed by atoms with Gasteiger partial charge in [0.15, 0.2) is 5.13 Å². The number of nitrogens with one attached hydrogen (secondary N) is 1. The first-order valence-electron chi connectivity index (χ1n) is 7.36. The molecular weight excluding hydrogens is 258 g/mol. The lowest BCUT2D eigenvalue weighted by Gasteiger charge is -2.37. The van der Waals surface area contributed by atoms with E-state index in [1.807, 2.05) is 0 Å². The lowest BCUT2D eigenvalue weighted by atomic mass is 10.1. The molecular formula is C14H23N3OS. The molecule has 3 atom stereocenters. The number of anilines is 1. The SMILES string of the molecule is CCNC(C)c1csc(N2CCOC3CCCC32)n1. The molecule has 106 valence electrons. The Morgan fingerprint density at radius 3 is 3.32 bits per heavy atom. The summed E-state index contributed by atoms with van der Waals surface area (Å²) in [6.45, 7) is 7.13. The lowest BCUT2D eigenvalue weighted by molar-refractivity contribution is 0.0256. The number of hydrogen-bond donors (Lipinski definition) is 1. The molecule has 19 heavy (non-hydrogen) atoms. The Hall–Kier alpha value is -0.650. The maximum absolute atomic E-state index is 5.87. The van der Waals surface area contributed by atoms with E-state index in [0.29, 0.717) is 18.2 Å². The van der Waals surface area contributed by atoms with Crippen LogP contribution in [0.15, 0.2) is 5.38 Å². The van der Waals surface area contributed by atoms with Gasteiger partial charge in [0.2, 0.25) is 0 Å². The van der Waals surface area contributed by atoms with Gasteiger partial charge >= 0.3 is 0 Å². The Labute approximate surface area is 119 Å². The van der Waals surface area contributed by atoms with Crippen molar-refractivity contribution in [2.45, 2.75) is 51.3 Å². The highest BCUT2D eigenvalue weighted by Gasteiger charge is 2.37. The molecule has 0 radical (unpaired) electrons. The van der Waals surface area contributed by atoms with E-state index in [-0.39, 0.29) is 0 Å². The van der Waals surface area contributed by atoms with Crippen LogP contribution < -0.4 is 10.2 Å². The van der Waals surface area contributed by atoms with Crippen molar-refractivity contribution in [3.05, 3.63) is 11.1 Å². The highest BCUT2D eigenvalue weighted by Crippen LogP contribution is 2.35. The monoisotopic (exact) mass is 281 g/mol. The molecule has 0 spiro atoms. The van der Waals surface area contributed by atoms with Crippen molar-refractivity contribution in [2.75, 3.05) is 24.6 Å². The molecule has 0 amide bonds. The van der Waals surface area contributed by atoms with Crippen molar-refractivity contribution >= 4 is 16.5 Å². The number of rotatable bonds is 4. The maximum atomic E-state index is 5.87. The Morgan fingerprint density at radius 2 is 2.47 bits per heavy atom. The number of aromatic nitrogens is 1. The molecule has 3 rings (SSSR count). The van der Waals surface area contributed by atoms with Gasteiger partial charge in [0.05, 0.1) is 24.4 Å². The van der Waals surface area contributed by atoms with Gasteiger partial charge < -0.3 is 15.0 Å². The highest BCUT2D eigenvalue weighted by atomic mass is 32.1. The lowest BCUT2D eigenvalue weighted by Crippen LogP contribution is -2.48. The predicted octanol–water partition coefficient (Wildman–Crippen LogP) is 2.57. The summed E-state index contributed by atoms with van der Waals surface area (Å²) in [6.07, 6.45) is 4.19. The van der Waals surface area contributed by atoms with Crippen LogP contribution in [-0.4, -0.2) is 36.8 Å². The van der Waals surface area contributed by atoms with Gasteiger partial charge in [-0.25, -0.2) is 4.98 Å². The van der Waals surface area contributed by atoms with Gasteiger partial charge in [-0.15, -0.1) is 11.3 Å². The van der Waals surface area contributed by atoms with Gasteiger partial charge in [0.1, 0.15) is 0 Å². The summed E-state index contributed by atoms with van der Waals surface area (Å²) in [6, 6.07) is 0.901. The van der Waals surface area contributed by atoms with Crippen LogP contribution in [0.25, 0.3) is 0 Å². The fourth-order valence-electron chi connectivity index (χ4n) is 3.18. The smallest absolute Gasteiger partial charge is 0.185 e. The third kappa shape index (κ3) is 2.64. The zero-order valence-corrected chi connectivity index (χ0v) is 12.6. The van der Waals surface area contributed by atoms with E-state index in [2.05, 4.69) is 29.4 Å². The van der Waals surface area contributed by atoms with E-state index < -0.39 is 0 Å². The molecule has 1 aromatic rings. The summed E-state index contributed by atoms with van der Waals surface area (Å²) in [4.78, 5) is 7.32. The van der Waals surface area contributed by atoms with Gasteiger partial charge in [-0.2, -0.15) is 0 Å². The van der Waals surface area contributed by atoms with Gasteiger partial charge in [-0.3, -0.25) is 0 Å². The number of ether oxygens (including phenoxy) is 1. The minimum absolute atomic E-state index is 0.343. The third-order valence-electron chi connectivity index (χ3n) is 4.19. The van der Waals surface area contributed by atoms with Gasteiger partial charge in [0, 0.05) is 18.0 Å².